The molecule has 0 aliphatic carbocycles. The molecule has 0 aromatic rings. The van der Waals surface area contributed by atoms with Crippen LogP contribution in [-0.4, -0.2) is 38.4 Å². The van der Waals surface area contributed by atoms with Crippen LogP contribution in [0.5, 0.6) is 0 Å². The molecule has 0 saturated heterocycles. The highest BCUT2D eigenvalue weighted by Gasteiger charge is 2.18. The van der Waals surface area contributed by atoms with Crippen LogP contribution < -0.4 is 5.32 Å². The summed E-state index contributed by atoms with van der Waals surface area (Å²) < 4.78 is 10.7. The Balaban J connectivity index is 3.88. The summed E-state index contributed by atoms with van der Waals surface area (Å²) in [5.74, 6) is -0.171. The quantitative estimate of drug-likeness (QED) is 0.491. The van der Waals surface area contributed by atoms with Crippen molar-refractivity contribution < 1.29 is 14.3 Å². The van der Waals surface area contributed by atoms with Crippen molar-refractivity contribution in [2.45, 2.75) is 59.9 Å². The molecule has 0 saturated carbocycles. The van der Waals surface area contributed by atoms with Crippen LogP contribution in [0, 0.1) is 5.41 Å². The molecule has 0 heterocycles. The number of hydrogen-bond acceptors (Lipinski definition) is 4. The first-order valence-corrected chi connectivity index (χ1v) is 7.38. The van der Waals surface area contributed by atoms with Crippen LogP contribution >= 0.6 is 0 Å². The van der Waals surface area contributed by atoms with Crippen LogP contribution in [0.3, 0.4) is 0 Å². The first-order valence-electron chi connectivity index (χ1n) is 7.38. The summed E-state index contributed by atoms with van der Waals surface area (Å²) in [6.07, 6.45) is 2.70. The second kappa shape index (κ2) is 10.2. The van der Waals surface area contributed by atoms with Gasteiger partial charge in [0.1, 0.15) is 6.04 Å². The summed E-state index contributed by atoms with van der Waals surface area (Å²) in [7, 11) is 0. The molecular formula is C15H31NO3. The Morgan fingerprint density at radius 2 is 1.89 bits per heavy atom. The van der Waals surface area contributed by atoms with Crippen LogP contribution in [0.2, 0.25) is 0 Å². The fraction of sp³-hybridized carbons (Fsp3) is 0.933. The summed E-state index contributed by atoms with van der Waals surface area (Å²) in [5.41, 5.74) is 0.293. The molecule has 0 radical (unpaired) electrons. The van der Waals surface area contributed by atoms with Gasteiger partial charge in [-0.15, -0.1) is 0 Å². The van der Waals surface area contributed by atoms with Gasteiger partial charge in [0.15, 0.2) is 0 Å². The predicted octanol–water partition coefficient (Wildman–Crippen LogP) is 2.76. The Kier molecular flexibility index (Phi) is 9.88. The third-order valence-corrected chi connectivity index (χ3v) is 2.76. The SMILES string of the molecule is CCCNC(CCOCCC(C)(C)C)C(=O)OCC. The van der Waals surface area contributed by atoms with E-state index in [1.54, 1.807) is 0 Å². The summed E-state index contributed by atoms with van der Waals surface area (Å²) in [4.78, 5) is 11.7. The molecule has 0 aliphatic rings. The molecule has 19 heavy (non-hydrogen) atoms. The van der Waals surface area contributed by atoms with E-state index in [-0.39, 0.29) is 12.0 Å². The molecule has 1 atom stereocenters. The van der Waals surface area contributed by atoms with E-state index in [1.165, 1.54) is 0 Å². The van der Waals surface area contributed by atoms with E-state index in [0.29, 0.717) is 25.0 Å². The summed E-state index contributed by atoms with van der Waals surface area (Å²) in [5, 5.41) is 3.21. The van der Waals surface area contributed by atoms with E-state index in [0.717, 1.165) is 26.0 Å². The Hall–Kier alpha value is -0.610. The molecule has 4 nitrogen and oxygen atoms in total. The zero-order chi connectivity index (χ0) is 14.7. The van der Waals surface area contributed by atoms with Crippen molar-refractivity contribution in [1.29, 1.82) is 0 Å². The van der Waals surface area contributed by atoms with Crippen molar-refractivity contribution in [1.82, 2.24) is 5.32 Å². The van der Waals surface area contributed by atoms with Gasteiger partial charge in [-0.1, -0.05) is 27.7 Å². The second-order valence-corrected chi connectivity index (χ2v) is 5.97. The average molecular weight is 273 g/mol. The van der Waals surface area contributed by atoms with E-state index < -0.39 is 0 Å². The number of rotatable bonds is 10. The van der Waals surface area contributed by atoms with Crippen LogP contribution in [0.4, 0.5) is 0 Å². The van der Waals surface area contributed by atoms with Crippen molar-refractivity contribution in [3.8, 4) is 0 Å². The minimum absolute atomic E-state index is 0.171. The van der Waals surface area contributed by atoms with E-state index in [1.807, 2.05) is 6.92 Å². The van der Waals surface area contributed by atoms with Gasteiger partial charge in [-0.2, -0.15) is 0 Å². The minimum Gasteiger partial charge on any atom is -0.465 e. The largest absolute Gasteiger partial charge is 0.465 e. The van der Waals surface area contributed by atoms with E-state index in [2.05, 4.69) is 33.0 Å². The molecular weight excluding hydrogens is 242 g/mol. The molecule has 0 aromatic carbocycles. The number of ether oxygens (including phenoxy) is 2. The monoisotopic (exact) mass is 273 g/mol. The fourth-order valence-corrected chi connectivity index (χ4v) is 1.55. The topological polar surface area (TPSA) is 47.6 Å². The Bertz CT molecular complexity index is 236. The van der Waals surface area contributed by atoms with Crippen molar-refractivity contribution in [3.63, 3.8) is 0 Å². The van der Waals surface area contributed by atoms with Crippen LogP contribution in [0.1, 0.15) is 53.9 Å². The van der Waals surface area contributed by atoms with E-state index in [9.17, 15) is 4.79 Å². The van der Waals surface area contributed by atoms with Crippen molar-refractivity contribution in [3.05, 3.63) is 0 Å². The fourth-order valence-electron chi connectivity index (χ4n) is 1.55. The molecule has 0 aliphatic heterocycles. The number of carbonyl (C=O) groups is 1. The smallest absolute Gasteiger partial charge is 0.323 e. The van der Waals surface area contributed by atoms with Crippen LogP contribution in [0.25, 0.3) is 0 Å². The van der Waals surface area contributed by atoms with Gasteiger partial charge in [-0.05, 0) is 38.1 Å². The lowest BCUT2D eigenvalue weighted by Crippen LogP contribution is -2.39. The molecule has 0 spiro atoms. The third kappa shape index (κ3) is 11.0. The van der Waals surface area contributed by atoms with Crippen molar-refractivity contribution >= 4 is 5.97 Å². The average Bonchev–Trinajstić information content (AvgIpc) is 2.31. The predicted molar refractivity (Wildman–Crippen MR) is 78.2 cm³/mol. The lowest BCUT2D eigenvalue weighted by atomic mass is 9.93. The molecule has 0 rings (SSSR count). The molecule has 4 heteroatoms. The Morgan fingerprint density at radius 3 is 2.42 bits per heavy atom. The zero-order valence-electron chi connectivity index (χ0n) is 13.3. The second-order valence-electron chi connectivity index (χ2n) is 5.97. The van der Waals surface area contributed by atoms with Gasteiger partial charge in [0.2, 0.25) is 0 Å². The first kappa shape index (κ1) is 18.4. The molecule has 0 bridgehead atoms. The number of hydrogen-bond donors (Lipinski definition) is 1. The van der Waals surface area contributed by atoms with Crippen LogP contribution in [0.15, 0.2) is 0 Å². The van der Waals surface area contributed by atoms with Gasteiger partial charge in [0, 0.05) is 13.2 Å². The third-order valence-electron chi connectivity index (χ3n) is 2.76. The van der Waals surface area contributed by atoms with Gasteiger partial charge >= 0.3 is 5.97 Å². The summed E-state index contributed by atoms with van der Waals surface area (Å²) in [6.45, 7) is 13.1. The van der Waals surface area contributed by atoms with Crippen molar-refractivity contribution in [2.24, 2.45) is 5.41 Å². The Morgan fingerprint density at radius 1 is 1.21 bits per heavy atom. The highest BCUT2D eigenvalue weighted by Crippen LogP contribution is 2.17. The first-order chi connectivity index (χ1) is 8.90. The molecule has 1 unspecified atom stereocenters. The maximum Gasteiger partial charge on any atom is 0.323 e. The van der Waals surface area contributed by atoms with Gasteiger partial charge in [-0.3, -0.25) is 4.79 Å². The van der Waals surface area contributed by atoms with Gasteiger partial charge in [-0.25, -0.2) is 0 Å². The maximum absolute atomic E-state index is 11.7. The standard InChI is InChI=1S/C15H31NO3/c1-6-10-16-13(14(17)19-7-2)8-11-18-12-9-15(3,4)5/h13,16H,6-12H2,1-5H3. The van der Waals surface area contributed by atoms with Crippen molar-refractivity contribution in [2.75, 3.05) is 26.4 Å². The lowest BCUT2D eigenvalue weighted by Gasteiger charge is -2.19. The maximum atomic E-state index is 11.7. The highest BCUT2D eigenvalue weighted by molar-refractivity contribution is 5.75. The van der Waals surface area contributed by atoms with E-state index in [4.69, 9.17) is 9.47 Å². The molecule has 114 valence electrons. The lowest BCUT2D eigenvalue weighted by molar-refractivity contribution is -0.146. The highest BCUT2D eigenvalue weighted by atomic mass is 16.5. The van der Waals surface area contributed by atoms with Gasteiger partial charge in [0.25, 0.3) is 0 Å². The van der Waals surface area contributed by atoms with Gasteiger partial charge < -0.3 is 14.8 Å². The number of esters is 1. The van der Waals surface area contributed by atoms with Gasteiger partial charge in [0.05, 0.1) is 6.61 Å². The number of carbonyl (C=O) groups excluding carboxylic acids is 1. The molecule has 0 amide bonds. The summed E-state index contributed by atoms with van der Waals surface area (Å²) >= 11 is 0. The minimum atomic E-state index is -0.241. The summed E-state index contributed by atoms with van der Waals surface area (Å²) in [6, 6.07) is -0.241. The Labute approximate surface area is 118 Å². The zero-order valence-corrected chi connectivity index (χ0v) is 13.3. The molecule has 1 N–H and O–H groups in total. The van der Waals surface area contributed by atoms with E-state index >= 15 is 0 Å². The molecule has 0 aromatic heterocycles. The normalized spacial score (nSPS) is 13.3. The molecule has 0 fully saturated rings. The van der Waals surface area contributed by atoms with Crippen LogP contribution in [-0.2, 0) is 14.3 Å². The number of nitrogens with one attached hydrogen (secondary N) is 1.